The number of hydrogen-bond acceptors (Lipinski definition) is 2. The molecule has 0 heterocycles. The fraction of sp³-hybridized carbons (Fsp3) is 0.222. The molecule has 2 aromatic rings. The molecule has 0 spiro atoms. The van der Waals surface area contributed by atoms with Crippen LogP contribution in [0.3, 0.4) is 0 Å². The molecule has 0 amide bonds. The van der Waals surface area contributed by atoms with Crippen LogP contribution in [0.1, 0.15) is 11.1 Å². The molecule has 0 unspecified atom stereocenters. The number of aryl methyl sites for hydroxylation is 1. The SMILES string of the molecule is Cc1cccc(N(CC=Cc2ccccc2)CCN)c1. The second-order valence-corrected chi connectivity index (χ2v) is 4.89. The van der Waals surface area contributed by atoms with Crippen molar-refractivity contribution in [3.05, 3.63) is 71.8 Å². The van der Waals surface area contributed by atoms with E-state index in [1.807, 2.05) is 6.07 Å². The number of anilines is 1. The van der Waals surface area contributed by atoms with Crippen LogP contribution in [0.5, 0.6) is 0 Å². The molecule has 0 aliphatic carbocycles. The molecule has 0 aliphatic rings. The minimum absolute atomic E-state index is 0.660. The Bertz CT molecular complexity index is 546. The quantitative estimate of drug-likeness (QED) is 0.867. The molecular weight excluding hydrogens is 244 g/mol. The van der Waals surface area contributed by atoms with Crippen molar-refractivity contribution < 1.29 is 0 Å². The summed E-state index contributed by atoms with van der Waals surface area (Å²) in [6.45, 7) is 4.51. The first-order valence-electron chi connectivity index (χ1n) is 7.03. The van der Waals surface area contributed by atoms with Gasteiger partial charge in [0.2, 0.25) is 0 Å². The fourth-order valence-electron chi connectivity index (χ4n) is 2.19. The van der Waals surface area contributed by atoms with E-state index in [1.54, 1.807) is 0 Å². The highest BCUT2D eigenvalue weighted by atomic mass is 15.1. The molecule has 2 N–H and O–H groups in total. The highest BCUT2D eigenvalue weighted by Gasteiger charge is 2.03. The third kappa shape index (κ3) is 4.25. The van der Waals surface area contributed by atoms with E-state index in [0.29, 0.717) is 6.54 Å². The van der Waals surface area contributed by atoms with Crippen LogP contribution in [0.2, 0.25) is 0 Å². The standard InChI is InChI=1S/C18H22N2/c1-16-7-5-11-18(15-16)20(14-12-19)13-6-10-17-8-3-2-4-9-17/h2-11,15H,12-14,19H2,1H3. The fourth-order valence-corrected chi connectivity index (χ4v) is 2.19. The number of nitrogens with two attached hydrogens (primary N) is 1. The van der Waals surface area contributed by atoms with Crippen molar-refractivity contribution >= 4 is 11.8 Å². The summed E-state index contributed by atoms with van der Waals surface area (Å²) in [7, 11) is 0. The van der Waals surface area contributed by atoms with Gasteiger partial charge in [-0.1, -0.05) is 54.6 Å². The van der Waals surface area contributed by atoms with Gasteiger partial charge in [0.1, 0.15) is 0 Å². The van der Waals surface area contributed by atoms with E-state index < -0.39 is 0 Å². The zero-order valence-electron chi connectivity index (χ0n) is 12.0. The first-order chi connectivity index (χ1) is 9.79. The summed E-state index contributed by atoms with van der Waals surface area (Å²) in [6.07, 6.45) is 4.34. The molecule has 0 aliphatic heterocycles. The van der Waals surface area contributed by atoms with Gasteiger partial charge in [-0.3, -0.25) is 0 Å². The lowest BCUT2D eigenvalue weighted by Gasteiger charge is -2.23. The molecule has 2 heteroatoms. The van der Waals surface area contributed by atoms with E-state index in [2.05, 4.69) is 72.5 Å². The van der Waals surface area contributed by atoms with E-state index >= 15 is 0 Å². The minimum Gasteiger partial charge on any atom is -0.367 e. The highest BCUT2D eigenvalue weighted by Crippen LogP contribution is 2.15. The Morgan fingerprint density at radius 1 is 1.05 bits per heavy atom. The van der Waals surface area contributed by atoms with Gasteiger partial charge in [0.15, 0.2) is 0 Å². The maximum absolute atomic E-state index is 5.72. The number of benzene rings is 2. The van der Waals surface area contributed by atoms with Gasteiger partial charge in [-0.25, -0.2) is 0 Å². The summed E-state index contributed by atoms with van der Waals surface area (Å²) in [4.78, 5) is 2.30. The van der Waals surface area contributed by atoms with Crippen LogP contribution in [-0.2, 0) is 0 Å². The molecule has 0 atom stereocenters. The lowest BCUT2D eigenvalue weighted by molar-refractivity contribution is 0.845. The first kappa shape index (κ1) is 14.4. The highest BCUT2D eigenvalue weighted by molar-refractivity contribution is 5.53. The predicted octanol–water partition coefficient (Wildman–Crippen LogP) is 3.47. The predicted molar refractivity (Wildman–Crippen MR) is 87.9 cm³/mol. The van der Waals surface area contributed by atoms with Gasteiger partial charge in [0.25, 0.3) is 0 Å². The van der Waals surface area contributed by atoms with Gasteiger partial charge in [0.05, 0.1) is 0 Å². The largest absolute Gasteiger partial charge is 0.367 e. The third-order valence-electron chi connectivity index (χ3n) is 3.20. The van der Waals surface area contributed by atoms with Crippen molar-refractivity contribution in [2.45, 2.75) is 6.92 Å². The number of hydrogen-bond donors (Lipinski definition) is 1. The Balaban J connectivity index is 2.04. The van der Waals surface area contributed by atoms with Crippen molar-refractivity contribution in [3.8, 4) is 0 Å². The normalized spacial score (nSPS) is 10.9. The van der Waals surface area contributed by atoms with Crippen LogP contribution in [-0.4, -0.2) is 19.6 Å². The average molecular weight is 266 g/mol. The summed E-state index contributed by atoms with van der Waals surface area (Å²) >= 11 is 0. The Hall–Kier alpha value is -2.06. The zero-order valence-corrected chi connectivity index (χ0v) is 12.0. The van der Waals surface area contributed by atoms with Gasteiger partial charge < -0.3 is 10.6 Å². The van der Waals surface area contributed by atoms with Crippen LogP contribution in [0, 0.1) is 6.92 Å². The molecule has 0 aromatic heterocycles. The van der Waals surface area contributed by atoms with Gasteiger partial charge in [-0.15, -0.1) is 0 Å². The monoisotopic (exact) mass is 266 g/mol. The van der Waals surface area contributed by atoms with E-state index in [1.165, 1.54) is 16.8 Å². The first-order valence-corrected chi connectivity index (χ1v) is 7.03. The van der Waals surface area contributed by atoms with Crippen molar-refractivity contribution in [1.82, 2.24) is 0 Å². The molecule has 2 rings (SSSR count). The molecule has 0 bridgehead atoms. The van der Waals surface area contributed by atoms with Gasteiger partial charge in [-0.05, 0) is 30.2 Å². The van der Waals surface area contributed by atoms with Crippen LogP contribution in [0.25, 0.3) is 6.08 Å². The lowest BCUT2D eigenvalue weighted by atomic mass is 10.2. The van der Waals surface area contributed by atoms with E-state index in [-0.39, 0.29) is 0 Å². The third-order valence-corrected chi connectivity index (χ3v) is 3.20. The van der Waals surface area contributed by atoms with E-state index in [4.69, 9.17) is 5.73 Å². The Morgan fingerprint density at radius 2 is 1.85 bits per heavy atom. The van der Waals surface area contributed by atoms with Crippen molar-refractivity contribution in [2.75, 3.05) is 24.5 Å². The molecular formula is C18H22N2. The Kier molecular flexibility index (Phi) is 5.39. The summed E-state index contributed by atoms with van der Waals surface area (Å²) in [5.41, 5.74) is 9.45. The minimum atomic E-state index is 0.660. The average Bonchev–Trinajstić information content (AvgIpc) is 2.47. The molecule has 2 aromatic carbocycles. The zero-order chi connectivity index (χ0) is 14.2. The summed E-state index contributed by atoms with van der Waals surface area (Å²) in [5, 5.41) is 0. The smallest absolute Gasteiger partial charge is 0.0372 e. The molecule has 0 saturated heterocycles. The maximum Gasteiger partial charge on any atom is 0.0372 e. The summed E-state index contributed by atoms with van der Waals surface area (Å²) < 4.78 is 0. The summed E-state index contributed by atoms with van der Waals surface area (Å²) in [6, 6.07) is 18.9. The summed E-state index contributed by atoms with van der Waals surface area (Å²) in [5.74, 6) is 0. The van der Waals surface area contributed by atoms with Crippen molar-refractivity contribution in [1.29, 1.82) is 0 Å². The second kappa shape index (κ2) is 7.51. The topological polar surface area (TPSA) is 29.3 Å². The Labute approximate surface area is 121 Å². The Morgan fingerprint density at radius 3 is 2.55 bits per heavy atom. The van der Waals surface area contributed by atoms with Gasteiger partial charge >= 0.3 is 0 Å². The van der Waals surface area contributed by atoms with Crippen molar-refractivity contribution in [2.24, 2.45) is 5.73 Å². The van der Waals surface area contributed by atoms with Crippen LogP contribution in [0.15, 0.2) is 60.7 Å². The second-order valence-electron chi connectivity index (χ2n) is 4.89. The number of nitrogens with zero attached hydrogens (tertiary/aromatic N) is 1. The van der Waals surface area contributed by atoms with Crippen LogP contribution < -0.4 is 10.6 Å². The lowest BCUT2D eigenvalue weighted by Crippen LogP contribution is -2.29. The van der Waals surface area contributed by atoms with Gasteiger partial charge in [-0.2, -0.15) is 0 Å². The number of rotatable bonds is 6. The van der Waals surface area contributed by atoms with Gasteiger partial charge in [0, 0.05) is 25.3 Å². The van der Waals surface area contributed by atoms with Crippen molar-refractivity contribution in [3.63, 3.8) is 0 Å². The molecule has 2 nitrogen and oxygen atoms in total. The van der Waals surface area contributed by atoms with Crippen LogP contribution >= 0.6 is 0 Å². The van der Waals surface area contributed by atoms with E-state index in [9.17, 15) is 0 Å². The van der Waals surface area contributed by atoms with E-state index in [0.717, 1.165) is 13.1 Å². The molecule has 104 valence electrons. The molecule has 0 fully saturated rings. The molecule has 0 saturated carbocycles. The molecule has 0 radical (unpaired) electrons. The molecule has 20 heavy (non-hydrogen) atoms. The van der Waals surface area contributed by atoms with Crippen LogP contribution in [0.4, 0.5) is 5.69 Å². The maximum atomic E-state index is 5.72.